The maximum Gasteiger partial charge on any atom is 0.0223 e. The SMILES string of the molecule is CC(C)CNCCCN1CCC2CCC(C1)N2C. The predicted octanol–water partition coefficient (Wildman–Crippen LogP) is 1.79. The summed E-state index contributed by atoms with van der Waals surface area (Å²) in [7, 11) is 2.33. The van der Waals surface area contributed by atoms with E-state index >= 15 is 0 Å². The zero-order chi connectivity index (χ0) is 13.0. The molecule has 0 aromatic rings. The normalized spacial score (nSPS) is 30.0. The van der Waals surface area contributed by atoms with E-state index in [-0.39, 0.29) is 0 Å². The van der Waals surface area contributed by atoms with Crippen molar-refractivity contribution in [3.8, 4) is 0 Å². The minimum atomic E-state index is 0.771. The molecule has 2 unspecified atom stereocenters. The van der Waals surface area contributed by atoms with E-state index in [1.165, 1.54) is 51.9 Å². The second-order valence-corrected chi connectivity index (χ2v) is 6.59. The number of hydrogen-bond acceptors (Lipinski definition) is 3. The molecule has 2 saturated heterocycles. The van der Waals surface area contributed by atoms with Crippen molar-refractivity contribution in [1.82, 2.24) is 15.1 Å². The number of fused-ring (bicyclic) bond motifs is 2. The zero-order valence-corrected chi connectivity index (χ0v) is 12.5. The van der Waals surface area contributed by atoms with E-state index in [4.69, 9.17) is 0 Å². The van der Waals surface area contributed by atoms with E-state index in [1.807, 2.05) is 0 Å². The van der Waals surface area contributed by atoms with Gasteiger partial charge in [0.1, 0.15) is 0 Å². The molecular weight excluding hydrogens is 222 g/mol. The van der Waals surface area contributed by atoms with E-state index in [0.717, 1.165) is 24.5 Å². The van der Waals surface area contributed by atoms with Crippen molar-refractivity contribution >= 4 is 0 Å². The van der Waals surface area contributed by atoms with Crippen molar-refractivity contribution in [2.75, 3.05) is 39.8 Å². The van der Waals surface area contributed by atoms with Gasteiger partial charge in [0, 0.05) is 18.6 Å². The Morgan fingerprint density at radius 1 is 1.17 bits per heavy atom. The number of hydrogen-bond donors (Lipinski definition) is 1. The Morgan fingerprint density at radius 3 is 2.72 bits per heavy atom. The molecule has 1 N–H and O–H groups in total. The lowest BCUT2D eigenvalue weighted by molar-refractivity contribution is 0.217. The lowest BCUT2D eigenvalue weighted by atomic mass is 10.1. The fourth-order valence-electron chi connectivity index (χ4n) is 3.40. The van der Waals surface area contributed by atoms with E-state index in [9.17, 15) is 0 Å². The number of nitrogens with one attached hydrogen (secondary N) is 1. The van der Waals surface area contributed by atoms with Gasteiger partial charge >= 0.3 is 0 Å². The molecular formula is C15H31N3. The van der Waals surface area contributed by atoms with Gasteiger partial charge in [-0.15, -0.1) is 0 Å². The lowest BCUT2D eigenvalue weighted by Gasteiger charge is -2.25. The van der Waals surface area contributed by atoms with Gasteiger partial charge in [-0.25, -0.2) is 0 Å². The van der Waals surface area contributed by atoms with Gasteiger partial charge < -0.3 is 10.2 Å². The summed E-state index contributed by atoms with van der Waals surface area (Å²) in [5, 5.41) is 3.55. The molecule has 0 radical (unpaired) electrons. The summed E-state index contributed by atoms with van der Waals surface area (Å²) in [5.74, 6) is 0.771. The first kappa shape index (κ1) is 14.3. The quantitative estimate of drug-likeness (QED) is 0.728. The smallest absolute Gasteiger partial charge is 0.0223 e. The molecule has 2 fully saturated rings. The number of rotatable bonds is 6. The standard InChI is InChI=1S/C15H31N3/c1-13(2)11-16-8-4-9-18-10-7-14-5-6-15(12-18)17(14)3/h13-16H,4-12H2,1-3H3. The van der Waals surface area contributed by atoms with E-state index in [2.05, 4.69) is 36.0 Å². The second kappa shape index (κ2) is 6.88. The van der Waals surface area contributed by atoms with Gasteiger partial charge in [0.25, 0.3) is 0 Å². The number of likely N-dealkylation sites (N-methyl/N-ethyl adjacent to an activating group) is 1. The largest absolute Gasteiger partial charge is 0.316 e. The van der Waals surface area contributed by atoms with Gasteiger partial charge in [-0.1, -0.05) is 13.8 Å². The first-order chi connectivity index (χ1) is 8.66. The Balaban J connectivity index is 1.62. The van der Waals surface area contributed by atoms with Crippen LogP contribution in [0.25, 0.3) is 0 Å². The molecule has 18 heavy (non-hydrogen) atoms. The third-order valence-electron chi connectivity index (χ3n) is 4.61. The third kappa shape index (κ3) is 3.94. The molecule has 106 valence electrons. The average molecular weight is 253 g/mol. The van der Waals surface area contributed by atoms with Crippen molar-refractivity contribution < 1.29 is 0 Å². The highest BCUT2D eigenvalue weighted by molar-refractivity contribution is 4.90. The Labute approximate surface area is 113 Å². The summed E-state index contributed by atoms with van der Waals surface area (Å²) in [6, 6.07) is 1.71. The van der Waals surface area contributed by atoms with Gasteiger partial charge in [-0.3, -0.25) is 4.90 Å². The average Bonchev–Trinajstić information content (AvgIpc) is 2.55. The first-order valence-corrected chi connectivity index (χ1v) is 7.82. The van der Waals surface area contributed by atoms with Gasteiger partial charge in [0.15, 0.2) is 0 Å². The van der Waals surface area contributed by atoms with E-state index in [1.54, 1.807) is 0 Å². The Kier molecular flexibility index (Phi) is 5.46. The van der Waals surface area contributed by atoms with Crippen LogP contribution in [0.5, 0.6) is 0 Å². The topological polar surface area (TPSA) is 18.5 Å². The van der Waals surface area contributed by atoms with Gasteiger partial charge in [-0.2, -0.15) is 0 Å². The molecule has 0 aromatic heterocycles. The monoisotopic (exact) mass is 253 g/mol. The van der Waals surface area contributed by atoms with Crippen LogP contribution < -0.4 is 5.32 Å². The molecule has 2 rings (SSSR count). The highest BCUT2D eigenvalue weighted by Crippen LogP contribution is 2.28. The predicted molar refractivity (Wildman–Crippen MR) is 78.0 cm³/mol. The van der Waals surface area contributed by atoms with Crippen LogP contribution in [0.2, 0.25) is 0 Å². The fraction of sp³-hybridized carbons (Fsp3) is 1.00. The summed E-state index contributed by atoms with van der Waals surface area (Å²) in [5.41, 5.74) is 0. The van der Waals surface area contributed by atoms with Crippen LogP contribution in [0, 0.1) is 5.92 Å². The van der Waals surface area contributed by atoms with Crippen molar-refractivity contribution in [2.45, 2.75) is 51.6 Å². The molecule has 2 atom stereocenters. The second-order valence-electron chi connectivity index (χ2n) is 6.59. The van der Waals surface area contributed by atoms with Crippen LogP contribution in [0.1, 0.15) is 39.5 Å². The summed E-state index contributed by atoms with van der Waals surface area (Å²) in [6.45, 7) is 10.8. The molecule has 3 nitrogen and oxygen atoms in total. The lowest BCUT2D eigenvalue weighted by Crippen LogP contribution is -2.37. The fourth-order valence-corrected chi connectivity index (χ4v) is 3.40. The first-order valence-electron chi connectivity index (χ1n) is 7.82. The highest BCUT2D eigenvalue weighted by atomic mass is 15.3. The minimum Gasteiger partial charge on any atom is -0.316 e. The zero-order valence-electron chi connectivity index (χ0n) is 12.5. The van der Waals surface area contributed by atoms with Crippen molar-refractivity contribution in [2.24, 2.45) is 5.92 Å². The van der Waals surface area contributed by atoms with Crippen molar-refractivity contribution in [3.63, 3.8) is 0 Å². The van der Waals surface area contributed by atoms with Crippen LogP contribution >= 0.6 is 0 Å². The van der Waals surface area contributed by atoms with Gasteiger partial charge in [0.05, 0.1) is 0 Å². The maximum absolute atomic E-state index is 3.55. The van der Waals surface area contributed by atoms with Crippen molar-refractivity contribution in [3.05, 3.63) is 0 Å². The van der Waals surface area contributed by atoms with Gasteiger partial charge in [0.2, 0.25) is 0 Å². The Morgan fingerprint density at radius 2 is 1.94 bits per heavy atom. The number of nitrogens with zero attached hydrogens (tertiary/aromatic N) is 2. The Hall–Kier alpha value is -0.120. The minimum absolute atomic E-state index is 0.771. The van der Waals surface area contributed by atoms with E-state index < -0.39 is 0 Å². The van der Waals surface area contributed by atoms with Crippen LogP contribution in [0.3, 0.4) is 0 Å². The number of likely N-dealkylation sites (tertiary alicyclic amines) is 1. The molecule has 2 bridgehead atoms. The van der Waals surface area contributed by atoms with Crippen LogP contribution in [-0.2, 0) is 0 Å². The molecule has 2 aliphatic rings. The van der Waals surface area contributed by atoms with Crippen molar-refractivity contribution in [1.29, 1.82) is 0 Å². The maximum atomic E-state index is 3.55. The molecule has 0 spiro atoms. The molecule has 2 aliphatic heterocycles. The molecule has 0 aromatic carbocycles. The molecule has 2 heterocycles. The highest BCUT2D eigenvalue weighted by Gasteiger charge is 2.34. The molecule has 3 heteroatoms. The molecule has 0 saturated carbocycles. The summed E-state index contributed by atoms with van der Waals surface area (Å²) in [4.78, 5) is 5.33. The van der Waals surface area contributed by atoms with E-state index in [0.29, 0.717) is 0 Å². The van der Waals surface area contributed by atoms with Gasteiger partial charge in [-0.05, 0) is 64.8 Å². The third-order valence-corrected chi connectivity index (χ3v) is 4.61. The van der Waals surface area contributed by atoms with Crippen LogP contribution in [0.15, 0.2) is 0 Å². The summed E-state index contributed by atoms with van der Waals surface area (Å²) < 4.78 is 0. The van der Waals surface area contributed by atoms with Crippen LogP contribution in [-0.4, -0.2) is 61.7 Å². The Bertz CT molecular complexity index is 242. The summed E-state index contributed by atoms with van der Waals surface area (Å²) >= 11 is 0. The van der Waals surface area contributed by atoms with Crippen LogP contribution in [0.4, 0.5) is 0 Å². The molecule has 0 aliphatic carbocycles. The molecule has 0 amide bonds. The summed E-state index contributed by atoms with van der Waals surface area (Å²) in [6.07, 6.45) is 5.54.